The molecule has 0 fully saturated rings. The number of nitrogens with zero attached hydrogens (tertiary/aromatic N) is 1. The Labute approximate surface area is 125 Å². The molecule has 0 saturated carbocycles. The Bertz CT molecular complexity index is 776. The first-order valence-electron chi connectivity index (χ1n) is 6.57. The van der Waals surface area contributed by atoms with E-state index in [0.29, 0.717) is 11.6 Å². The lowest BCUT2D eigenvalue weighted by Gasteiger charge is -2.10. The molecule has 0 spiro atoms. The predicted octanol–water partition coefficient (Wildman–Crippen LogP) is 3.37. The van der Waals surface area contributed by atoms with Gasteiger partial charge in [-0.15, -0.1) is 0 Å². The highest BCUT2D eigenvalue weighted by atomic mass is 19.4. The summed E-state index contributed by atoms with van der Waals surface area (Å²) in [5.74, 6) is -0.412. The highest BCUT2D eigenvalue weighted by molar-refractivity contribution is 5.96. The summed E-state index contributed by atoms with van der Waals surface area (Å²) in [5.41, 5.74) is -0.211. The molecule has 0 unspecified atom stereocenters. The van der Waals surface area contributed by atoms with Crippen LogP contribution in [0.3, 0.4) is 0 Å². The van der Waals surface area contributed by atoms with Gasteiger partial charge in [-0.2, -0.15) is 13.2 Å². The van der Waals surface area contributed by atoms with Crippen molar-refractivity contribution in [1.82, 2.24) is 4.57 Å². The van der Waals surface area contributed by atoms with Gasteiger partial charge in [0.05, 0.1) is 6.54 Å². The van der Waals surface area contributed by atoms with Crippen LogP contribution >= 0.6 is 0 Å². The Morgan fingerprint density at radius 2 is 1.82 bits per heavy atom. The average molecular weight is 309 g/mol. The van der Waals surface area contributed by atoms with Crippen LogP contribution in [0.5, 0.6) is 0 Å². The van der Waals surface area contributed by atoms with Gasteiger partial charge >= 0.3 is 6.18 Å². The average Bonchev–Trinajstić information content (AvgIpc) is 2.42. The molecule has 2 rings (SSSR count). The summed E-state index contributed by atoms with van der Waals surface area (Å²) in [5, 5.41) is 0. The molecule has 3 nitrogen and oxygen atoms in total. The fourth-order valence-corrected chi connectivity index (χ4v) is 2.04. The highest BCUT2D eigenvalue weighted by Crippen LogP contribution is 2.26. The molecule has 1 aromatic heterocycles. The van der Waals surface area contributed by atoms with Gasteiger partial charge in [-0.25, -0.2) is 0 Å². The topological polar surface area (TPSA) is 39.1 Å². The lowest BCUT2D eigenvalue weighted by molar-refractivity contribution is -0.138. The minimum Gasteiger partial charge on any atom is -0.307 e. The summed E-state index contributed by atoms with van der Waals surface area (Å²) < 4.78 is 38.8. The number of aromatic nitrogens is 1. The summed E-state index contributed by atoms with van der Waals surface area (Å²) in [6.45, 7) is 3.30. The molecule has 116 valence electrons. The highest BCUT2D eigenvalue weighted by Gasteiger charge is 2.34. The zero-order valence-electron chi connectivity index (χ0n) is 12.1. The van der Waals surface area contributed by atoms with E-state index < -0.39 is 29.6 Å². The van der Waals surface area contributed by atoms with E-state index in [4.69, 9.17) is 0 Å². The fourth-order valence-electron chi connectivity index (χ4n) is 2.04. The first-order chi connectivity index (χ1) is 10.2. The van der Waals surface area contributed by atoms with E-state index in [0.717, 1.165) is 21.8 Å². The molecule has 2 aromatic rings. The van der Waals surface area contributed by atoms with Gasteiger partial charge in [0, 0.05) is 11.8 Å². The normalized spacial score (nSPS) is 11.5. The van der Waals surface area contributed by atoms with E-state index >= 15 is 0 Å². The molecule has 0 aliphatic heterocycles. The second-order valence-electron chi connectivity index (χ2n) is 5.07. The summed E-state index contributed by atoms with van der Waals surface area (Å²) in [6.07, 6.45) is -3.56. The van der Waals surface area contributed by atoms with E-state index in [1.165, 1.54) is 6.20 Å². The third kappa shape index (κ3) is 3.27. The molecular formula is C16H14F3NO2. The molecule has 0 radical (unpaired) electrons. The SMILES string of the molecule is Cc1ccc(C(=O)Cn2cccc(C(F)(F)F)c2=O)cc1C. The van der Waals surface area contributed by atoms with Crippen molar-refractivity contribution in [3.63, 3.8) is 0 Å². The first kappa shape index (κ1) is 16.0. The molecular weight excluding hydrogens is 295 g/mol. The number of aryl methyl sites for hydroxylation is 2. The minimum absolute atomic E-state index is 0.368. The van der Waals surface area contributed by atoms with Crippen molar-refractivity contribution in [1.29, 1.82) is 0 Å². The number of benzene rings is 1. The van der Waals surface area contributed by atoms with E-state index in [1.807, 2.05) is 13.8 Å². The second kappa shape index (κ2) is 5.79. The molecule has 0 aliphatic carbocycles. The molecule has 0 N–H and O–H groups in total. The minimum atomic E-state index is -4.73. The zero-order chi connectivity index (χ0) is 16.5. The van der Waals surface area contributed by atoms with Crippen molar-refractivity contribution < 1.29 is 18.0 Å². The van der Waals surface area contributed by atoms with Crippen LogP contribution in [0.25, 0.3) is 0 Å². The van der Waals surface area contributed by atoms with Gasteiger partial charge in [0.15, 0.2) is 5.78 Å². The fraction of sp³-hybridized carbons (Fsp3) is 0.250. The number of ketones is 1. The molecule has 1 aromatic carbocycles. The Kier molecular flexibility index (Phi) is 4.21. The van der Waals surface area contributed by atoms with Gasteiger partial charge in [0.1, 0.15) is 5.56 Å². The van der Waals surface area contributed by atoms with Crippen LogP contribution in [-0.4, -0.2) is 10.4 Å². The number of halogens is 3. The van der Waals surface area contributed by atoms with Gasteiger partial charge in [-0.1, -0.05) is 12.1 Å². The van der Waals surface area contributed by atoms with E-state index in [-0.39, 0.29) is 0 Å². The summed E-state index contributed by atoms with van der Waals surface area (Å²) in [7, 11) is 0. The van der Waals surface area contributed by atoms with E-state index in [1.54, 1.807) is 18.2 Å². The van der Waals surface area contributed by atoms with Crippen LogP contribution in [-0.2, 0) is 12.7 Å². The Morgan fingerprint density at radius 3 is 2.41 bits per heavy atom. The maximum Gasteiger partial charge on any atom is 0.421 e. The lowest BCUT2D eigenvalue weighted by atomic mass is 10.0. The van der Waals surface area contributed by atoms with Gasteiger partial charge in [0.25, 0.3) is 5.56 Å². The number of hydrogen-bond donors (Lipinski definition) is 0. The van der Waals surface area contributed by atoms with Crippen molar-refractivity contribution in [2.24, 2.45) is 0 Å². The van der Waals surface area contributed by atoms with Crippen molar-refractivity contribution in [3.8, 4) is 0 Å². The molecule has 0 atom stereocenters. The number of carbonyl (C=O) groups excluding carboxylic acids is 1. The number of pyridine rings is 1. The van der Waals surface area contributed by atoms with Crippen molar-refractivity contribution in [2.75, 3.05) is 0 Å². The van der Waals surface area contributed by atoms with Crippen LogP contribution in [0.15, 0.2) is 41.3 Å². The van der Waals surface area contributed by atoms with Crippen molar-refractivity contribution >= 4 is 5.78 Å². The maximum absolute atomic E-state index is 12.7. The van der Waals surface area contributed by atoms with Crippen LogP contribution in [0, 0.1) is 13.8 Å². The number of rotatable bonds is 3. The lowest BCUT2D eigenvalue weighted by Crippen LogP contribution is -2.30. The molecule has 22 heavy (non-hydrogen) atoms. The summed E-state index contributed by atoms with van der Waals surface area (Å²) in [4.78, 5) is 23.9. The number of carbonyl (C=O) groups is 1. The molecule has 0 bridgehead atoms. The van der Waals surface area contributed by atoms with Crippen molar-refractivity contribution in [3.05, 3.63) is 69.1 Å². The molecule has 1 heterocycles. The monoisotopic (exact) mass is 309 g/mol. The number of hydrogen-bond acceptors (Lipinski definition) is 2. The zero-order valence-corrected chi connectivity index (χ0v) is 12.1. The third-order valence-corrected chi connectivity index (χ3v) is 3.47. The largest absolute Gasteiger partial charge is 0.421 e. The molecule has 0 amide bonds. The molecule has 0 aliphatic rings. The Hall–Kier alpha value is -2.37. The van der Waals surface area contributed by atoms with Gasteiger partial charge in [-0.3, -0.25) is 9.59 Å². The van der Waals surface area contributed by atoms with E-state index in [9.17, 15) is 22.8 Å². The molecule has 0 saturated heterocycles. The summed E-state index contributed by atoms with van der Waals surface area (Å²) >= 11 is 0. The van der Waals surface area contributed by atoms with E-state index in [2.05, 4.69) is 0 Å². The van der Waals surface area contributed by atoms with Crippen LogP contribution in [0.1, 0.15) is 27.0 Å². The number of Topliss-reactive ketones (excluding diaryl/α,β-unsaturated/α-hetero) is 1. The van der Waals surface area contributed by atoms with Gasteiger partial charge in [0.2, 0.25) is 0 Å². The summed E-state index contributed by atoms with van der Waals surface area (Å²) in [6, 6.07) is 6.84. The van der Waals surface area contributed by atoms with Gasteiger partial charge < -0.3 is 4.57 Å². The maximum atomic E-state index is 12.7. The van der Waals surface area contributed by atoms with Gasteiger partial charge in [-0.05, 0) is 43.2 Å². The third-order valence-electron chi connectivity index (χ3n) is 3.47. The van der Waals surface area contributed by atoms with Crippen LogP contribution in [0.4, 0.5) is 13.2 Å². The Balaban J connectivity index is 2.33. The second-order valence-corrected chi connectivity index (χ2v) is 5.07. The van der Waals surface area contributed by atoms with Crippen LogP contribution in [0.2, 0.25) is 0 Å². The Morgan fingerprint density at radius 1 is 1.14 bits per heavy atom. The van der Waals surface area contributed by atoms with Crippen molar-refractivity contribution in [2.45, 2.75) is 26.6 Å². The molecule has 6 heteroatoms. The predicted molar refractivity (Wildman–Crippen MR) is 76.0 cm³/mol. The number of alkyl halides is 3. The van der Waals surface area contributed by atoms with Crippen LogP contribution < -0.4 is 5.56 Å². The standard InChI is InChI=1S/C16H14F3NO2/c1-10-5-6-12(8-11(10)2)14(21)9-20-7-3-4-13(15(20)22)16(17,18)19/h3-8H,9H2,1-2H3. The smallest absolute Gasteiger partial charge is 0.307 e. The quantitative estimate of drug-likeness (QED) is 0.816. The first-order valence-corrected chi connectivity index (χ1v) is 6.57.